The molecule has 0 atom stereocenters. The third-order valence-corrected chi connectivity index (χ3v) is 5.79. The summed E-state index contributed by atoms with van der Waals surface area (Å²) in [6.45, 7) is 2.62. The first-order valence-electron chi connectivity index (χ1n) is 8.82. The number of benzene rings is 1. The van der Waals surface area contributed by atoms with Crippen LogP contribution in [0.3, 0.4) is 0 Å². The molecule has 1 aromatic rings. The lowest BCUT2D eigenvalue weighted by molar-refractivity contribution is -0.132. The van der Waals surface area contributed by atoms with E-state index >= 15 is 0 Å². The highest BCUT2D eigenvalue weighted by Gasteiger charge is 2.30. The van der Waals surface area contributed by atoms with E-state index in [9.17, 15) is 14.4 Å². The Morgan fingerprint density at radius 3 is 2.79 bits per heavy atom. The van der Waals surface area contributed by atoms with Crippen LogP contribution in [0.5, 0.6) is 5.75 Å². The molecule has 0 saturated carbocycles. The molecule has 8 nitrogen and oxygen atoms in total. The Hall–Kier alpha value is -2.43. The van der Waals surface area contributed by atoms with Crippen molar-refractivity contribution in [3.8, 4) is 5.75 Å². The van der Waals surface area contributed by atoms with Crippen LogP contribution in [0.4, 0.5) is 5.69 Å². The molecule has 2 saturated heterocycles. The summed E-state index contributed by atoms with van der Waals surface area (Å²) >= 11 is 6.19. The van der Waals surface area contributed by atoms with E-state index in [-0.39, 0.29) is 30.9 Å². The minimum Gasteiger partial charge on any atom is -0.482 e. The van der Waals surface area contributed by atoms with E-state index in [0.29, 0.717) is 33.8 Å². The summed E-state index contributed by atoms with van der Waals surface area (Å²) in [5.41, 5.74) is 1.25. The van der Waals surface area contributed by atoms with Crippen LogP contribution in [0.15, 0.2) is 23.1 Å². The van der Waals surface area contributed by atoms with Gasteiger partial charge in [0.15, 0.2) is 6.61 Å². The molecule has 2 fully saturated rings. The first-order valence-corrected chi connectivity index (χ1v) is 10.0. The van der Waals surface area contributed by atoms with Gasteiger partial charge in [0.25, 0.3) is 11.8 Å². The largest absolute Gasteiger partial charge is 0.482 e. The fourth-order valence-corrected chi connectivity index (χ4v) is 4.25. The molecule has 3 aliphatic heterocycles. The van der Waals surface area contributed by atoms with Crippen LogP contribution < -0.4 is 20.3 Å². The van der Waals surface area contributed by atoms with Gasteiger partial charge in [0.2, 0.25) is 5.91 Å². The minimum atomic E-state index is -0.269. The molecule has 0 aromatic heterocycles. The van der Waals surface area contributed by atoms with Crippen LogP contribution in [0.2, 0.25) is 0 Å². The first-order chi connectivity index (χ1) is 13.5. The van der Waals surface area contributed by atoms with Gasteiger partial charge in [0.05, 0.1) is 10.6 Å². The van der Waals surface area contributed by atoms with Gasteiger partial charge in [-0.25, -0.2) is 0 Å². The number of hydrogen-bond donors (Lipinski definition) is 2. The van der Waals surface area contributed by atoms with E-state index in [1.807, 2.05) is 0 Å². The van der Waals surface area contributed by atoms with Gasteiger partial charge in [-0.1, -0.05) is 30.0 Å². The van der Waals surface area contributed by atoms with Crippen LogP contribution in [0.1, 0.15) is 5.56 Å². The van der Waals surface area contributed by atoms with Gasteiger partial charge in [-0.15, -0.1) is 0 Å². The van der Waals surface area contributed by atoms with Crippen molar-refractivity contribution >= 4 is 57.8 Å². The molecule has 0 spiro atoms. The molecule has 0 radical (unpaired) electrons. The zero-order valence-corrected chi connectivity index (χ0v) is 16.5. The number of carbonyl (C=O) groups is 3. The Kier molecular flexibility index (Phi) is 5.33. The van der Waals surface area contributed by atoms with Gasteiger partial charge in [0.1, 0.15) is 16.6 Å². The predicted octanol–water partition coefficient (Wildman–Crippen LogP) is 0.333. The van der Waals surface area contributed by atoms with E-state index < -0.39 is 0 Å². The second-order valence-electron chi connectivity index (χ2n) is 6.48. The fraction of sp³-hybridized carbons (Fsp3) is 0.333. The van der Waals surface area contributed by atoms with Gasteiger partial charge in [-0.2, -0.15) is 0 Å². The number of nitrogens with zero attached hydrogens (tertiary/aromatic N) is 2. The number of thioether (sulfide) groups is 1. The lowest BCUT2D eigenvalue weighted by atomic mass is 10.1. The molecule has 0 unspecified atom stereocenters. The van der Waals surface area contributed by atoms with Gasteiger partial charge in [0, 0.05) is 26.2 Å². The summed E-state index contributed by atoms with van der Waals surface area (Å²) in [6, 6.07) is 5.29. The zero-order chi connectivity index (χ0) is 19.7. The number of amides is 3. The molecule has 0 aliphatic carbocycles. The van der Waals surface area contributed by atoms with Crippen molar-refractivity contribution in [3.63, 3.8) is 0 Å². The summed E-state index contributed by atoms with van der Waals surface area (Å²) in [4.78, 5) is 40.7. The average Bonchev–Trinajstić information content (AvgIpc) is 3.01. The number of ether oxygens (including phenoxy) is 1. The van der Waals surface area contributed by atoms with E-state index in [0.717, 1.165) is 18.7 Å². The van der Waals surface area contributed by atoms with Crippen molar-refractivity contribution in [1.29, 1.82) is 0 Å². The molecule has 10 heteroatoms. The van der Waals surface area contributed by atoms with Crippen molar-refractivity contribution in [2.24, 2.45) is 0 Å². The number of carbonyl (C=O) groups excluding carboxylic acids is 3. The van der Waals surface area contributed by atoms with E-state index in [4.69, 9.17) is 17.0 Å². The average molecular weight is 419 g/mol. The molecule has 3 amide bonds. The summed E-state index contributed by atoms with van der Waals surface area (Å²) in [5.74, 6) is -0.0721. The normalized spacial score (nSPS) is 20.9. The van der Waals surface area contributed by atoms with Crippen molar-refractivity contribution in [2.45, 2.75) is 0 Å². The molecule has 3 heterocycles. The van der Waals surface area contributed by atoms with Crippen molar-refractivity contribution < 1.29 is 19.1 Å². The number of piperazine rings is 1. The number of hydrogen-bond acceptors (Lipinski definition) is 7. The Labute approximate surface area is 171 Å². The maximum absolute atomic E-state index is 12.6. The number of rotatable bonds is 3. The third-order valence-electron chi connectivity index (χ3n) is 4.63. The Balaban J connectivity index is 1.59. The van der Waals surface area contributed by atoms with Gasteiger partial charge >= 0.3 is 0 Å². The lowest BCUT2D eigenvalue weighted by Crippen LogP contribution is -2.51. The van der Waals surface area contributed by atoms with Gasteiger partial charge < -0.3 is 20.3 Å². The summed E-state index contributed by atoms with van der Waals surface area (Å²) in [6.07, 6.45) is 1.70. The standard InChI is InChI=1S/C18H18N4O4S2/c23-15(21-5-3-19-4-6-21)9-22-12-7-11(1-2-13(12)26-10-16(22)24)8-14-17(25)20-18(27)28-14/h1-2,7-8,19H,3-6,9-10H2,(H,20,25,27). The maximum atomic E-state index is 12.6. The molecule has 0 bridgehead atoms. The molecular formula is C18H18N4O4S2. The van der Waals surface area contributed by atoms with Crippen LogP contribution in [-0.2, 0) is 14.4 Å². The minimum absolute atomic E-state index is 0.0332. The van der Waals surface area contributed by atoms with E-state index in [1.165, 1.54) is 16.7 Å². The maximum Gasteiger partial charge on any atom is 0.265 e. The smallest absolute Gasteiger partial charge is 0.265 e. The number of anilines is 1. The summed E-state index contributed by atoms with van der Waals surface area (Å²) in [5, 5.41) is 5.77. The van der Waals surface area contributed by atoms with Crippen LogP contribution in [-0.4, -0.2) is 66.3 Å². The predicted molar refractivity (Wildman–Crippen MR) is 110 cm³/mol. The number of thiocarbonyl (C=S) groups is 1. The zero-order valence-electron chi connectivity index (χ0n) is 14.9. The fourth-order valence-electron chi connectivity index (χ4n) is 3.20. The van der Waals surface area contributed by atoms with Crippen LogP contribution in [0, 0.1) is 0 Å². The number of fused-ring (bicyclic) bond motifs is 1. The molecule has 28 heavy (non-hydrogen) atoms. The monoisotopic (exact) mass is 418 g/mol. The highest BCUT2D eigenvalue weighted by molar-refractivity contribution is 8.26. The summed E-state index contributed by atoms with van der Waals surface area (Å²) in [7, 11) is 0. The molecule has 3 aliphatic rings. The van der Waals surface area contributed by atoms with Crippen molar-refractivity contribution in [2.75, 3.05) is 44.2 Å². The van der Waals surface area contributed by atoms with Crippen LogP contribution >= 0.6 is 24.0 Å². The van der Waals surface area contributed by atoms with Crippen molar-refractivity contribution in [3.05, 3.63) is 28.7 Å². The molecule has 2 N–H and O–H groups in total. The highest BCUT2D eigenvalue weighted by atomic mass is 32.2. The van der Waals surface area contributed by atoms with Gasteiger partial charge in [-0.05, 0) is 23.8 Å². The molecule has 1 aromatic carbocycles. The van der Waals surface area contributed by atoms with E-state index in [2.05, 4.69) is 10.6 Å². The van der Waals surface area contributed by atoms with Crippen LogP contribution in [0.25, 0.3) is 6.08 Å². The van der Waals surface area contributed by atoms with E-state index in [1.54, 1.807) is 29.2 Å². The molecular weight excluding hydrogens is 400 g/mol. The lowest BCUT2D eigenvalue weighted by Gasteiger charge is -2.33. The topological polar surface area (TPSA) is 91.0 Å². The van der Waals surface area contributed by atoms with Gasteiger partial charge in [-0.3, -0.25) is 19.3 Å². The second-order valence-corrected chi connectivity index (χ2v) is 8.20. The Bertz CT molecular complexity index is 896. The molecule has 4 rings (SSSR count). The quantitative estimate of drug-likeness (QED) is 0.540. The first kappa shape index (κ1) is 18.9. The third kappa shape index (κ3) is 3.89. The van der Waals surface area contributed by atoms with Crippen molar-refractivity contribution in [1.82, 2.24) is 15.5 Å². The summed E-state index contributed by atoms with van der Waals surface area (Å²) < 4.78 is 5.92. The highest BCUT2D eigenvalue weighted by Crippen LogP contribution is 2.35. The number of nitrogens with one attached hydrogen (secondary N) is 2. The molecule has 146 valence electrons. The second kappa shape index (κ2) is 7.90. The Morgan fingerprint density at radius 2 is 2.07 bits per heavy atom. The SMILES string of the molecule is O=C1NC(=S)SC1=Cc1ccc2c(c1)N(CC(=O)N1CCNCC1)C(=O)CO2. The Morgan fingerprint density at radius 1 is 1.29 bits per heavy atom.